The quantitative estimate of drug-likeness (QED) is 0.762. The van der Waals surface area contributed by atoms with Crippen molar-refractivity contribution in [3.05, 3.63) is 46.7 Å². The Hall–Kier alpha value is -2.14. The number of nitrogens with zero attached hydrogens (tertiary/aromatic N) is 1. The highest BCUT2D eigenvalue weighted by molar-refractivity contribution is 7.08. The van der Waals surface area contributed by atoms with Gasteiger partial charge in [-0.2, -0.15) is 11.3 Å². The molecule has 0 spiro atoms. The molecule has 5 heteroatoms. The van der Waals surface area contributed by atoms with Gasteiger partial charge < -0.3 is 10.2 Å². The molecule has 4 nitrogen and oxygen atoms in total. The van der Waals surface area contributed by atoms with Gasteiger partial charge in [0.15, 0.2) is 0 Å². The van der Waals surface area contributed by atoms with Crippen LogP contribution >= 0.6 is 11.3 Å². The molecule has 2 aromatic rings. The standard InChI is InChI=1S/C24H30N2O2S/c1-17(2)25-23(28)24(11-12-26(16-24)22(27)20-4-3-5-20)14-18-6-8-19(9-7-18)21-10-13-29-15-21/h6-10,13,15,17,20H,3-5,11-12,14,16H2,1-2H3,(H,25,28)/t24-/m1/s1. The first-order valence-corrected chi connectivity index (χ1v) is 11.6. The predicted molar refractivity (Wildman–Crippen MR) is 118 cm³/mol. The van der Waals surface area contributed by atoms with E-state index in [0.717, 1.165) is 31.2 Å². The van der Waals surface area contributed by atoms with Crippen molar-refractivity contribution in [2.24, 2.45) is 11.3 Å². The lowest BCUT2D eigenvalue weighted by atomic mass is 9.79. The lowest BCUT2D eigenvalue weighted by Gasteiger charge is -2.32. The van der Waals surface area contributed by atoms with Gasteiger partial charge in [-0.25, -0.2) is 0 Å². The molecule has 0 unspecified atom stereocenters. The van der Waals surface area contributed by atoms with Crippen LogP contribution in [0.1, 0.15) is 45.1 Å². The van der Waals surface area contributed by atoms with Gasteiger partial charge in [0.1, 0.15) is 0 Å². The van der Waals surface area contributed by atoms with Crippen LogP contribution in [0.5, 0.6) is 0 Å². The van der Waals surface area contributed by atoms with E-state index >= 15 is 0 Å². The molecule has 2 amide bonds. The molecular weight excluding hydrogens is 380 g/mol. The summed E-state index contributed by atoms with van der Waals surface area (Å²) in [5.74, 6) is 0.519. The number of rotatable bonds is 6. The van der Waals surface area contributed by atoms with Crippen LogP contribution in [0, 0.1) is 11.3 Å². The van der Waals surface area contributed by atoms with E-state index in [2.05, 4.69) is 46.4 Å². The summed E-state index contributed by atoms with van der Waals surface area (Å²) in [5.41, 5.74) is 3.05. The van der Waals surface area contributed by atoms with E-state index in [4.69, 9.17) is 0 Å². The molecule has 1 aliphatic heterocycles. The van der Waals surface area contributed by atoms with E-state index in [1.54, 1.807) is 11.3 Å². The SMILES string of the molecule is CC(C)NC(=O)[C@@]1(Cc2ccc(-c3ccsc3)cc2)CCN(C(=O)C2CCC2)C1. The summed E-state index contributed by atoms with van der Waals surface area (Å²) >= 11 is 1.70. The molecular formula is C24H30N2O2S. The van der Waals surface area contributed by atoms with Crippen LogP contribution < -0.4 is 5.32 Å². The van der Waals surface area contributed by atoms with Crippen LogP contribution in [0.15, 0.2) is 41.1 Å². The fourth-order valence-electron chi connectivity index (χ4n) is 4.43. The first kappa shape index (κ1) is 20.1. The number of hydrogen-bond donors (Lipinski definition) is 1. The summed E-state index contributed by atoms with van der Waals surface area (Å²) in [6.45, 7) is 5.21. The second-order valence-electron chi connectivity index (χ2n) is 8.93. The minimum absolute atomic E-state index is 0.0818. The average Bonchev–Trinajstić information content (AvgIpc) is 3.31. The minimum Gasteiger partial charge on any atom is -0.353 e. The Kier molecular flexibility index (Phi) is 5.77. The van der Waals surface area contributed by atoms with Crippen LogP contribution in [0.2, 0.25) is 0 Å². The third kappa shape index (κ3) is 4.25. The van der Waals surface area contributed by atoms with E-state index in [9.17, 15) is 9.59 Å². The highest BCUT2D eigenvalue weighted by Gasteiger charge is 2.47. The Morgan fingerprint density at radius 3 is 2.52 bits per heavy atom. The number of likely N-dealkylation sites (tertiary alicyclic amines) is 1. The zero-order chi connectivity index (χ0) is 20.4. The second kappa shape index (κ2) is 8.31. The van der Waals surface area contributed by atoms with Gasteiger partial charge in [-0.15, -0.1) is 0 Å². The smallest absolute Gasteiger partial charge is 0.228 e. The molecule has 154 valence electrons. The fraction of sp³-hybridized carbons (Fsp3) is 0.500. The number of hydrogen-bond acceptors (Lipinski definition) is 3. The predicted octanol–water partition coefficient (Wildman–Crippen LogP) is 4.50. The van der Waals surface area contributed by atoms with Gasteiger partial charge in [0, 0.05) is 25.0 Å². The topological polar surface area (TPSA) is 49.4 Å². The van der Waals surface area contributed by atoms with Crippen molar-refractivity contribution >= 4 is 23.2 Å². The maximum atomic E-state index is 13.2. The lowest BCUT2D eigenvalue weighted by Crippen LogP contribution is -2.48. The van der Waals surface area contributed by atoms with Gasteiger partial charge in [0.25, 0.3) is 0 Å². The van der Waals surface area contributed by atoms with Gasteiger partial charge in [-0.1, -0.05) is 30.7 Å². The van der Waals surface area contributed by atoms with Crippen molar-refractivity contribution in [1.29, 1.82) is 0 Å². The highest BCUT2D eigenvalue weighted by atomic mass is 32.1. The van der Waals surface area contributed by atoms with Gasteiger partial charge in [-0.3, -0.25) is 9.59 Å². The number of nitrogens with one attached hydrogen (secondary N) is 1. The van der Waals surface area contributed by atoms with Crippen molar-refractivity contribution in [2.75, 3.05) is 13.1 Å². The van der Waals surface area contributed by atoms with Crippen molar-refractivity contribution in [2.45, 2.75) is 52.0 Å². The Morgan fingerprint density at radius 1 is 1.17 bits per heavy atom. The Bertz CT molecular complexity index is 856. The molecule has 4 rings (SSSR count). The van der Waals surface area contributed by atoms with Gasteiger partial charge in [0.05, 0.1) is 5.41 Å². The molecule has 1 aromatic carbocycles. The molecule has 1 atom stereocenters. The first-order valence-electron chi connectivity index (χ1n) is 10.7. The van der Waals surface area contributed by atoms with Gasteiger partial charge in [0.2, 0.25) is 11.8 Å². The lowest BCUT2D eigenvalue weighted by molar-refractivity contribution is -0.138. The largest absolute Gasteiger partial charge is 0.353 e. The third-order valence-corrected chi connectivity index (χ3v) is 7.06. The molecule has 1 saturated heterocycles. The van der Waals surface area contributed by atoms with Gasteiger partial charge >= 0.3 is 0 Å². The summed E-state index contributed by atoms with van der Waals surface area (Å²) in [6.07, 6.45) is 4.56. The Balaban J connectivity index is 1.53. The summed E-state index contributed by atoms with van der Waals surface area (Å²) in [4.78, 5) is 27.9. The molecule has 1 aromatic heterocycles. The van der Waals surface area contributed by atoms with Gasteiger partial charge in [-0.05, 0) is 73.0 Å². The van der Waals surface area contributed by atoms with Crippen molar-refractivity contribution in [1.82, 2.24) is 10.2 Å². The number of carbonyl (C=O) groups excluding carboxylic acids is 2. The van der Waals surface area contributed by atoms with Crippen LogP contribution in [-0.4, -0.2) is 35.8 Å². The Morgan fingerprint density at radius 2 is 1.93 bits per heavy atom. The number of carbonyl (C=O) groups is 2. The second-order valence-corrected chi connectivity index (χ2v) is 9.71. The zero-order valence-electron chi connectivity index (χ0n) is 17.3. The molecule has 1 saturated carbocycles. The van der Waals surface area contributed by atoms with Crippen molar-refractivity contribution in [3.63, 3.8) is 0 Å². The molecule has 1 aliphatic carbocycles. The first-order chi connectivity index (χ1) is 14.0. The number of thiophene rings is 1. The van der Waals surface area contributed by atoms with Crippen LogP contribution in [0.25, 0.3) is 11.1 Å². The normalized spacial score (nSPS) is 22.0. The molecule has 2 fully saturated rings. The molecule has 1 N–H and O–H groups in total. The third-order valence-electron chi connectivity index (χ3n) is 6.37. The monoisotopic (exact) mass is 410 g/mol. The Labute approximate surface area is 177 Å². The number of benzene rings is 1. The average molecular weight is 411 g/mol. The molecule has 2 heterocycles. The van der Waals surface area contributed by atoms with E-state index < -0.39 is 5.41 Å². The van der Waals surface area contributed by atoms with Crippen molar-refractivity contribution in [3.8, 4) is 11.1 Å². The summed E-state index contributed by atoms with van der Waals surface area (Å²) in [7, 11) is 0. The van der Waals surface area contributed by atoms with Crippen LogP contribution in [0.4, 0.5) is 0 Å². The molecule has 0 bridgehead atoms. The van der Waals surface area contributed by atoms with E-state index in [1.165, 1.54) is 11.1 Å². The van der Waals surface area contributed by atoms with E-state index in [0.29, 0.717) is 19.5 Å². The maximum Gasteiger partial charge on any atom is 0.228 e. The fourth-order valence-corrected chi connectivity index (χ4v) is 5.10. The zero-order valence-corrected chi connectivity index (χ0v) is 18.1. The molecule has 2 aliphatic rings. The summed E-state index contributed by atoms with van der Waals surface area (Å²) in [5, 5.41) is 7.35. The van der Waals surface area contributed by atoms with E-state index in [1.807, 2.05) is 18.7 Å². The summed E-state index contributed by atoms with van der Waals surface area (Å²) < 4.78 is 0. The molecule has 29 heavy (non-hydrogen) atoms. The van der Waals surface area contributed by atoms with E-state index in [-0.39, 0.29) is 23.8 Å². The highest BCUT2D eigenvalue weighted by Crippen LogP contribution is 2.38. The van der Waals surface area contributed by atoms with Crippen LogP contribution in [-0.2, 0) is 16.0 Å². The van der Waals surface area contributed by atoms with Crippen molar-refractivity contribution < 1.29 is 9.59 Å². The minimum atomic E-state index is -0.534. The summed E-state index contributed by atoms with van der Waals surface area (Å²) in [6, 6.07) is 10.8. The molecule has 0 radical (unpaired) electrons. The number of amides is 2. The maximum absolute atomic E-state index is 13.2. The van der Waals surface area contributed by atoms with Crippen LogP contribution in [0.3, 0.4) is 0 Å².